The summed E-state index contributed by atoms with van der Waals surface area (Å²) in [6, 6.07) is 0. The summed E-state index contributed by atoms with van der Waals surface area (Å²) >= 11 is 0. The third-order valence-electron chi connectivity index (χ3n) is 5.64. The molecule has 0 radical (unpaired) electrons. The van der Waals surface area contributed by atoms with Crippen molar-refractivity contribution in [2.75, 3.05) is 19.6 Å². The van der Waals surface area contributed by atoms with Crippen LogP contribution in [0.2, 0.25) is 0 Å². The number of aliphatic imine (C=N–C) groups is 1. The molecule has 2 aliphatic heterocycles. The van der Waals surface area contributed by atoms with E-state index in [9.17, 15) is 4.79 Å². The van der Waals surface area contributed by atoms with Crippen LogP contribution in [0, 0.1) is 11.8 Å². The molecule has 0 spiro atoms. The van der Waals surface area contributed by atoms with Crippen LogP contribution in [-0.2, 0) is 11.8 Å². The predicted octanol–water partition coefficient (Wildman–Crippen LogP) is 2.52. The fraction of sp³-hybridized carbons (Fsp3) is 0.476. The van der Waals surface area contributed by atoms with Crippen LogP contribution in [-0.4, -0.2) is 46.4 Å². The minimum Gasteiger partial charge on any atom is -0.310 e. The molecule has 1 aromatic rings. The van der Waals surface area contributed by atoms with Gasteiger partial charge in [0, 0.05) is 30.9 Å². The van der Waals surface area contributed by atoms with E-state index >= 15 is 0 Å². The summed E-state index contributed by atoms with van der Waals surface area (Å²) in [6.45, 7) is 4.74. The summed E-state index contributed by atoms with van der Waals surface area (Å²) in [4.78, 5) is 19.1. The Kier molecular flexibility index (Phi) is 5.07. The highest BCUT2D eigenvalue weighted by molar-refractivity contribution is 5.87. The fourth-order valence-electron chi connectivity index (χ4n) is 3.90. The summed E-state index contributed by atoms with van der Waals surface area (Å²) < 4.78 is 1.82. The molecule has 1 aromatic heterocycles. The SMILES string of the molecule is CC1CCN(CC(=O)NC2=CC3CC(c4cnn(C)c4)=CC=C3C=N2)CC1. The molecule has 3 heterocycles. The average molecular weight is 365 g/mol. The van der Waals surface area contributed by atoms with Gasteiger partial charge in [0.2, 0.25) is 5.91 Å². The van der Waals surface area contributed by atoms with Crippen LogP contribution in [0.5, 0.6) is 0 Å². The number of rotatable bonds is 4. The molecule has 3 aliphatic rings. The van der Waals surface area contributed by atoms with Gasteiger partial charge < -0.3 is 5.32 Å². The first-order chi connectivity index (χ1) is 13.1. The summed E-state index contributed by atoms with van der Waals surface area (Å²) in [5, 5.41) is 7.25. The average Bonchev–Trinajstić information content (AvgIpc) is 3.09. The molecule has 1 atom stereocenters. The standard InChI is InChI=1S/C21H27N5O/c1-15-5-7-26(8-6-15)14-21(27)24-20-10-18-9-16(3-4-17(18)11-22-20)19-12-23-25(2)13-19/h3-4,10-13,15,18H,5-9,14H2,1-2H3,(H,24,27). The van der Waals surface area contributed by atoms with E-state index in [0.717, 1.165) is 31.0 Å². The largest absolute Gasteiger partial charge is 0.310 e. The van der Waals surface area contributed by atoms with Crippen molar-refractivity contribution in [2.24, 2.45) is 23.9 Å². The van der Waals surface area contributed by atoms with Gasteiger partial charge in [-0.2, -0.15) is 5.10 Å². The second kappa shape index (κ2) is 7.64. The number of aryl methyl sites for hydroxylation is 1. The van der Waals surface area contributed by atoms with Crippen LogP contribution in [0.3, 0.4) is 0 Å². The van der Waals surface area contributed by atoms with Crippen molar-refractivity contribution >= 4 is 17.7 Å². The van der Waals surface area contributed by atoms with E-state index in [1.54, 1.807) is 0 Å². The monoisotopic (exact) mass is 365 g/mol. The maximum Gasteiger partial charge on any atom is 0.239 e. The molecule has 142 valence electrons. The van der Waals surface area contributed by atoms with Gasteiger partial charge in [0.1, 0.15) is 5.82 Å². The molecule has 1 unspecified atom stereocenters. The molecule has 4 rings (SSSR count). The summed E-state index contributed by atoms with van der Waals surface area (Å²) in [5.41, 5.74) is 3.59. The Morgan fingerprint density at radius 3 is 2.85 bits per heavy atom. The van der Waals surface area contributed by atoms with Crippen molar-refractivity contribution in [3.8, 4) is 0 Å². The molecule has 6 heteroatoms. The normalized spacial score (nSPS) is 23.3. The van der Waals surface area contributed by atoms with Gasteiger partial charge in [0.25, 0.3) is 0 Å². The molecule has 6 nitrogen and oxygen atoms in total. The van der Waals surface area contributed by atoms with Gasteiger partial charge >= 0.3 is 0 Å². The molecule has 0 aromatic carbocycles. The predicted molar refractivity (Wildman–Crippen MR) is 107 cm³/mol. The second-order valence-electron chi connectivity index (χ2n) is 7.89. The Hall–Kier alpha value is -2.47. The van der Waals surface area contributed by atoms with E-state index in [1.165, 1.54) is 24.0 Å². The Bertz CT molecular complexity index is 837. The van der Waals surface area contributed by atoms with Crippen molar-refractivity contribution in [1.29, 1.82) is 0 Å². The fourth-order valence-corrected chi connectivity index (χ4v) is 3.90. The van der Waals surface area contributed by atoms with Crippen LogP contribution in [0.1, 0.15) is 31.7 Å². The quantitative estimate of drug-likeness (QED) is 0.892. The molecule has 0 saturated carbocycles. The number of likely N-dealkylation sites (tertiary alicyclic amines) is 1. The lowest BCUT2D eigenvalue weighted by Crippen LogP contribution is -2.41. The van der Waals surface area contributed by atoms with Crippen LogP contribution in [0.15, 0.2) is 47.0 Å². The molecule has 1 aliphatic carbocycles. The zero-order chi connectivity index (χ0) is 18.8. The van der Waals surface area contributed by atoms with Crippen molar-refractivity contribution in [1.82, 2.24) is 20.0 Å². The Morgan fingerprint density at radius 1 is 1.30 bits per heavy atom. The number of hydrogen-bond acceptors (Lipinski definition) is 4. The Labute approximate surface area is 160 Å². The van der Waals surface area contributed by atoms with E-state index in [-0.39, 0.29) is 11.8 Å². The molecule has 0 bridgehead atoms. The Balaban J connectivity index is 1.37. The lowest BCUT2D eigenvalue weighted by Gasteiger charge is -2.29. The first-order valence-corrected chi connectivity index (χ1v) is 9.74. The van der Waals surface area contributed by atoms with E-state index < -0.39 is 0 Å². The number of carbonyl (C=O) groups excluding carboxylic acids is 1. The van der Waals surface area contributed by atoms with Crippen LogP contribution in [0.25, 0.3) is 5.57 Å². The zero-order valence-corrected chi connectivity index (χ0v) is 16.1. The highest BCUT2D eigenvalue weighted by Crippen LogP contribution is 2.33. The highest BCUT2D eigenvalue weighted by Gasteiger charge is 2.23. The molecular weight excluding hydrogens is 338 g/mol. The third kappa shape index (κ3) is 4.27. The number of amides is 1. The second-order valence-corrected chi connectivity index (χ2v) is 7.89. The molecule has 1 saturated heterocycles. The summed E-state index contributed by atoms with van der Waals surface area (Å²) in [5.74, 6) is 1.71. The molecule has 1 amide bonds. The van der Waals surface area contributed by atoms with E-state index in [1.807, 2.05) is 30.3 Å². The maximum atomic E-state index is 12.4. The first-order valence-electron chi connectivity index (χ1n) is 9.74. The van der Waals surface area contributed by atoms with Gasteiger partial charge in [-0.1, -0.05) is 19.1 Å². The van der Waals surface area contributed by atoms with Gasteiger partial charge in [0.15, 0.2) is 0 Å². The van der Waals surface area contributed by atoms with Crippen molar-refractivity contribution in [3.05, 3.63) is 47.6 Å². The number of fused-ring (bicyclic) bond motifs is 1. The zero-order valence-electron chi connectivity index (χ0n) is 16.1. The van der Waals surface area contributed by atoms with Crippen LogP contribution in [0.4, 0.5) is 0 Å². The number of nitrogens with one attached hydrogen (secondary N) is 1. The first kappa shape index (κ1) is 17.9. The van der Waals surface area contributed by atoms with Crippen molar-refractivity contribution < 1.29 is 4.79 Å². The van der Waals surface area contributed by atoms with Crippen molar-refractivity contribution in [2.45, 2.75) is 26.2 Å². The van der Waals surface area contributed by atoms with Gasteiger partial charge in [-0.15, -0.1) is 0 Å². The van der Waals surface area contributed by atoms with Gasteiger partial charge in [0.05, 0.1) is 12.7 Å². The molecular formula is C21H27N5O. The number of aromatic nitrogens is 2. The number of carbonyl (C=O) groups is 1. The Morgan fingerprint density at radius 2 is 2.11 bits per heavy atom. The number of nitrogens with zero attached hydrogens (tertiary/aromatic N) is 4. The van der Waals surface area contributed by atoms with Gasteiger partial charge in [-0.05, 0) is 55.5 Å². The molecule has 27 heavy (non-hydrogen) atoms. The minimum atomic E-state index is 0.0271. The number of piperidine rings is 1. The van der Waals surface area contributed by atoms with Gasteiger partial charge in [-0.3, -0.25) is 14.4 Å². The lowest BCUT2D eigenvalue weighted by atomic mass is 9.84. The summed E-state index contributed by atoms with van der Waals surface area (Å²) in [6.07, 6.45) is 15.4. The topological polar surface area (TPSA) is 62.5 Å². The minimum absolute atomic E-state index is 0.0271. The lowest BCUT2D eigenvalue weighted by molar-refractivity contribution is -0.121. The highest BCUT2D eigenvalue weighted by atomic mass is 16.2. The van der Waals surface area contributed by atoms with Crippen molar-refractivity contribution in [3.63, 3.8) is 0 Å². The van der Waals surface area contributed by atoms with Gasteiger partial charge in [-0.25, -0.2) is 4.99 Å². The third-order valence-corrected chi connectivity index (χ3v) is 5.64. The van der Waals surface area contributed by atoms with E-state index in [4.69, 9.17) is 0 Å². The van der Waals surface area contributed by atoms with Crippen LogP contribution < -0.4 is 5.32 Å². The number of hydrogen-bond donors (Lipinski definition) is 1. The maximum absolute atomic E-state index is 12.4. The summed E-state index contributed by atoms with van der Waals surface area (Å²) in [7, 11) is 1.93. The molecule has 1 N–H and O–H groups in total. The molecule has 1 fully saturated rings. The van der Waals surface area contributed by atoms with E-state index in [0.29, 0.717) is 12.4 Å². The smallest absolute Gasteiger partial charge is 0.239 e. The van der Waals surface area contributed by atoms with Crippen LogP contribution >= 0.6 is 0 Å². The number of allylic oxidation sites excluding steroid dienone is 5. The van der Waals surface area contributed by atoms with E-state index in [2.05, 4.69) is 45.5 Å².